The molecule has 0 saturated carbocycles. The zero-order valence-electron chi connectivity index (χ0n) is 11.5. The molecule has 0 aliphatic carbocycles. The van der Waals surface area contributed by atoms with Gasteiger partial charge in [-0.1, -0.05) is 0 Å². The van der Waals surface area contributed by atoms with Gasteiger partial charge in [-0.2, -0.15) is 4.57 Å². The molecule has 0 aromatic carbocycles. The number of hydrogen-bond acceptors (Lipinski definition) is 5. The van der Waals surface area contributed by atoms with Gasteiger partial charge in [-0.05, 0) is 6.07 Å². The summed E-state index contributed by atoms with van der Waals surface area (Å²) in [5, 5.41) is 2.49. The third-order valence-electron chi connectivity index (χ3n) is 2.26. The van der Waals surface area contributed by atoms with Gasteiger partial charge in [0.1, 0.15) is 5.56 Å². The number of rotatable bonds is 5. The third kappa shape index (κ3) is 6.84. The molecule has 0 bridgehead atoms. The Morgan fingerprint density at radius 1 is 1.29 bits per heavy atom. The van der Waals surface area contributed by atoms with E-state index in [1.165, 1.54) is 24.9 Å². The van der Waals surface area contributed by atoms with Crippen LogP contribution in [0.1, 0.15) is 10.4 Å². The number of nitrogens with one attached hydrogen (secondary N) is 1. The highest BCUT2D eigenvalue weighted by Gasteiger charge is 2.10. The Morgan fingerprint density at radius 2 is 1.95 bits per heavy atom. The fourth-order valence-corrected chi connectivity index (χ4v) is 1.27. The van der Waals surface area contributed by atoms with Crippen molar-refractivity contribution in [2.24, 2.45) is 0 Å². The maximum atomic E-state index is 11.4. The van der Waals surface area contributed by atoms with Gasteiger partial charge in [0.2, 0.25) is 0 Å². The van der Waals surface area contributed by atoms with Gasteiger partial charge in [0.15, 0.2) is 12.4 Å². The van der Waals surface area contributed by atoms with E-state index in [1.54, 1.807) is 18.3 Å². The summed E-state index contributed by atoms with van der Waals surface area (Å²) in [4.78, 5) is 33.5. The van der Waals surface area contributed by atoms with Gasteiger partial charge in [0.05, 0.1) is 7.11 Å². The van der Waals surface area contributed by atoms with E-state index in [0.717, 1.165) is 12.2 Å². The van der Waals surface area contributed by atoms with Crippen molar-refractivity contribution in [1.82, 2.24) is 5.32 Å². The number of methoxy groups -OCH3 is 1. The molecule has 7 nitrogen and oxygen atoms in total. The first-order valence-corrected chi connectivity index (χ1v) is 5.70. The summed E-state index contributed by atoms with van der Waals surface area (Å²) in [5.74, 6) is -1.57. The largest absolute Gasteiger partial charge is 1.00 e. The number of hydrogen-bond donors (Lipinski definition) is 1. The topological polar surface area (TPSA) is 85.6 Å². The van der Waals surface area contributed by atoms with E-state index in [4.69, 9.17) is 4.74 Å². The number of pyridine rings is 1. The Balaban J connectivity index is 0.00000400. The Morgan fingerprint density at radius 3 is 2.57 bits per heavy atom. The van der Waals surface area contributed by atoms with Crippen molar-refractivity contribution in [2.45, 2.75) is 6.73 Å². The van der Waals surface area contributed by atoms with Crippen molar-refractivity contribution in [2.75, 3.05) is 14.2 Å². The molecule has 0 aliphatic rings. The molecule has 1 aromatic heterocycles. The molecule has 1 aromatic rings. The van der Waals surface area contributed by atoms with Crippen LogP contribution < -0.4 is 33.9 Å². The maximum absolute atomic E-state index is 11.4. The van der Waals surface area contributed by atoms with Crippen LogP contribution in [-0.2, 0) is 25.8 Å². The van der Waals surface area contributed by atoms with Gasteiger partial charge >= 0.3 is 11.9 Å². The number of carbonyl (C=O) groups excluding carboxylic acids is 3. The molecule has 21 heavy (non-hydrogen) atoms. The molecule has 0 atom stereocenters. The highest BCUT2D eigenvalue weighted by Crippen LogP contribution is 1.94. The molecule has 0 radical (unpaired) electrons. The summed E-state index contributed by atoms with van der Waals surface area (Å²) in [5.41, 5.74) is 0.441. The first kappa shape index (κ1) is 19.0. The summed E-state index contributed by atoms with van der Waals surface area (Å²) >= 11 is 0. The van der Waals surface area contributed by atoms with E-state index in [9.17, 15) is 14.4 Å². The van der Waals surface area contributed by atoms with E-state index in [-0.39, 0.29) is 36.6 Å². The van der Waals surface area contributed by atoms with E-state index in [1.807, 2.05) is 0 Å². The van der Waals surface area contributed by atoms with Crippen LogP contribution in [-0.4, -0.2) is 32.0 Å². The molecule has 0 fully saturated rings. The second-order valence-electron chi connectivity index (χ2n) is 3.63. The third-order valence-corrected chi connectivity index (χ3v) is 2.26. The first-order chi connectivity index (χ1) is 9.56. The summed E-state index contributed by atoms with van der Waals surface area (Å²) in [6.07, 6.45) is 5.11. The second kappa shape index (κ2) is 9.86. The summed E-state index contributed by atoms with van der Waals surface area (Å²) < 4.78 is 10.7. The van der Waals surface area contributed by atoms with Crippen molar-refractivity contribution in [1.29, 1.82) is 0 Å². The Bertz CT molecular complexity index is 545. The average molecular weight is 406 g/mol. The fraction of sp³-hybridized carbons (Fsp3) is 0.231. The van der Waals surface area contributed by atoms with Gasteiger partial charge in [-0.15, -0.1) is 0 Å². The normalized spacial score (nSPS) is 9.62. The van der Waals surface area contributed by atoms with Crippen molar-refractivity contribution in [3.63, 3.8) is 0 Å². The SMILES string of the molecule is CNC(=O)c1ccc[n+](COC(=O)C=CC(=O)OC)c1.[I-]. The minimum atomic E-state index is -0.687. The molecule has 0 spiro atoms. The van der Waals surface area contributed by atoms with Gasteiger partial charge in [-0.3, -0.25) is 4.79 Å². The number of esters is 2. The number of amides is 1. The molecule has 114 valence electrons. The van der Waals surface area contributed by atoms with E-state index >= 15 is 0 Å². The monoisotopic (exact) mass is 406 g/mol. The van der Waals surface area contributed by atoms with Crippen molar-refractivity contribution in [3.05, 3.63) is 42.2 Å². The predicted octanol–water partition coefficient (Wildman–Crippen LogP) is -3.43. The molecule has 1 N–H and O–H groups in total. The molecule has 0 saturated heterocycles. The second-order valence-corrected chi connectivity index (χ2v) is 3.63. The highest BCUT2D eigenvalue weighted by molar-refractivity contribution is 5.93. The van der Waals surface area contributed by atoms with Crippen LogP contribution in [0.5, 0.6) is 0 Å². The standard InChI is InChI=1S/C13H14N2O5.HI/c1-14-13(18)10-4-3-7-15(8-10)9-20-12(17)6-5-11(16)19-2;/h3-8H,9H2,1-2H3;1H. The zero-order valence-corrected chi connectivity index (χ0v) is 13.7. The summed E-state index contributed by atoms with van der Waals surface area (Å²) in [6, 6.07) is 3.29. The van der Waals surface area contributed by atoms with E-state index in [0.29, 0.717) is 5.56 Å². The first-order valence-electron chi connectivity index (χ1n) is 5.70. The highest BCUT2D eigenvalue weighted by atomic mass is 127. The average Bonchev–Trinajstić information content (AvgIpc) is 2.49. The zero-order chi connectivity index (χ0) is 15.0. The molecule has 1 heterocycles. The number of halogens is 1. The lowest BCUT2D eigenvalue weighted by molar-refractivity contribution is -0.727. The van der Waals surface area contributed by atoms with Crippen LogP contribution in [0.3, 0.4) is 0 Å². The van der Waals surface area contributed by atoms with Crippen LogP contribution in [0, 0.1) is 0 Å². The fourth-order valence-electron chi connectivity index (χ4n) is 1.27. The molecular formula is C13H15IN2O5. The minimum absolute atomic E-state index is 0. The van der Waals surface area contributed by atoms with Gasteiger partial charge < -0.3 is 38.8 Å². The van der Waals surface area contributed by atoms with Crippen LogP contribution in [0.15, 0.2) is 36.7 Å². The van der Waals surface area contributed by atoms with Gasteiger partial charge in [-0.25, -0.2) is 9.59 Å². The maximum Gasteiger partial charge on any atom is 0.335 e. The Labute approximate surface area is 138 Å². The van der Waals surface area contributed by atoms with Gasteiger partial charge in [0.25, 0.3) is 12.6 Å². The number of ether oxygens (including phenoxy) is 2. The predicted molar refractivity (Wildman–Crippen MR) is 67.3 cm³/mol. The summed E-state index contributed by atoms with van der Waals surface area (Å²) in [7, 11) is 2.73. The van der Waals surface area contributed by atoms with E-state index in [2.05, 4.69) is 10.1 Å². The van der Waals surface area contributed by atoms with Crippen molar-refractivity contribution in [3.8, 4) is 0 Å². The minimum Gasteiger partial charge on any atom is -1.00 e. The Hall–Kier alpha value is -1.97. The van der Waals surface area contributed by atoms with Gasteiger partial charge in [0, 0.05) is 25.3 Å². The lowest BCUT2D eigenvalue weighted by atomic mass is 10.3. The van der Waals surface area contributed by atoms with Crippen LogP contribution in [0.25, 0.3) is 0 Å². The number of aromatic nitrogens is 1. The molecule has 0 unspecified atom stereocenters. The van der Waals surface area contributed by atoms with Crippen molar-refractivity contribution < 1.29 is 52.4 Å². The molecule has 1 rings (SSSR count). The molecule has 0 aliphatic heterocycles. The van der Waals surface area contributed by atoms with Crippen LogP contribution in [0.2, 0.25) is 0 Å². The molecular weight excluding hydrogens is 391 g/mol. The van der Waals surface area contributed by atoms with Crippen LogP contribution in [0.4, 0.5) is 0 Å². The van der Waals surface area contributed by atoms with Crippen LogP contribution >= 0.6 is 0 Å². The van der Waals surface area contributed by atoms with E-state index < -0.39 is 11.9 Å². The molecule has 1 amide bonds. The van der Waals surface area contributed by atoms with Crippen molar-refractivity contribution >= 4 is 17.8 Å². The number of nitrogens with zero attached hydrogens (tertiary/aromatic N) is 1. The molecule has 8 heteroatoms. The lowest BCUT2D eigenvalue weighted by Gasteiger charge is -2.00. The smallest absolute Gasteiger partial charge is 0.335 e. The number of carbonyl (C=O) groups is 3. The quantitative estimate of drug-likeness (QED) is 0.238. The summed E-state index contributed by atoms with van der Waals surface area (Å²) in [6.45, 7) is -0.0742. The Kier molecular flexibility index (Phi) is 8.93. The lowest BCUT2D eigenvalue weighted by Crippen LogP contribution is -3.00.